The highest BCUT2D eigenvalue weighted by molar-refractivity contribution is 5.77. The molecule has 14 heavy (non-hydrogen) atoms. The highest BCUT2D eigenvalue weighted by Gasteiger charge is 2.35. The Balaban J connectivity index is 2.11. The van der Waals surface area contributed by atoms with E-state index in [1.54, 1.807) is 0 Å². The normalized spacial score (nSPS) is 32.6. The van der Waals surface area contributed by atoms with Crippen molar-refractivity contribution in [3.05, 3.63) is 12.7 Å². The molecule has 0 aromatic carbocycles. The van der Waals surface area contributed by atoms with Crippen molar-refractivity contribution in [3.8, 4) is 0 Å². The van der Waals surface area contributed by atoms with Gasteiger partial charge in [-0.25, -0.2) is 0 Å². The minimum absolute atomic E-state index is 0.388. The maximum atomic E-state index is 11.7. The van der Waals surface area contributed by atoms with Gasteiger partial charge in [-0.2, -0.15) is 0 Å². The van der Waals surface area contributed by atoms with Crippen LogP contribution in [0.1, 0.15) is 38.5 Å². The molecule has 2 atom stereocenters. The molecule has 2 nitrogen and oxygen atoms in total. The average Bonchev–Trinajstić information content (AvgIpc) is 2.60. The number of carbonyl (C=O) groups excluding carboxylic acids is 1. The molecule has 0 aromatic heterocycles. The first kappa shape index (κ1) is 9.75. The number of nitrogens with zero attached hydrogens (tertiary/aromatic N) is 1. The number of hydrogen-bond acceptors (Lipinski definition) is 1. The van der Waals surface area contributed by atoms with Gasteiger partial charge < -0.3 is 4.90 Å². The van der Waals surface area contributed by atoms with Crippen LogP contribution in [0.2, 0.25) is 0 Å². The third-order valence-corrected chi connectivity index (χ3v) is 3.60. The lowest BCUT2D eigenvalue weighted by molar-refractivity contribution is -0.131. The van der Waals surface area contributed by atoms with Crippen LogP contribution >= 0.6 is 0 Å². The lowest BCUT2D eigenvalue weighted by atomic mass is 9.91. The molecule has 2 fully saturated rings. The first-order valence-electron chi connectivity index (χ1n) is 5.73. The van der Waals surface area contributed by atoms with Crippen molar-refractivity contribution in [3.63, 3.8) is 0 Å². The van der Waals surface area contributed by atoms with Crippen molar-refractivity contribution in [2.75, 3.05) is 6.54 Å². The molecule has 2 aliphatic rings. The van der Waals surface area contributed by atoms with E-state index >= 15 is 0 Å². The van der Waals surface area contributed by atoms with Gasteiger partial charge in [-0.15, -0.1) is 6.58 Å². The van der Waals surface area contributed by atoms with Crippen molar-refractivity contribution in [1.29, 1.82) is 0 Å². The van der Waals surface area contributed by atoms with Gasteiger partial charge in [-0.1, -0.05) is 6.08 Å². The lowest BCUT2D eigenvalue weighted by Crippen LogP contribution is -2.37. The molecule has 2 heteroatoms. The lowest BCUT2D eigenvalue weighted by Gasteiger charge is -2.28. The topological polar surface area (TPSA) is 20.3 Å². The summed E-state index contributed by atoms with van der Waals surface area (Å²) < 4.78 is 0. The molecule has 0 bridgehead atoms. The molecule has 2 rings (SSSR count). The summed E-state index contributed by atoms with van der Waals surface area (Å²) >= 11 is 0. The van der Waals surface area contributed by atoms with E-state index in [4.69, 9.17) is 0 Å². The summed E-state index contributed by atoms with van der Waals surface area (Å²) in [5.41, 5.74) is 0. The Morgan fingerprint density at radius 3 is 3.07 bits per heavy atom. The van der Waals surface area contributed by atoms with Crippen molar-refractivity contribution in [2.24, 2.45) is 5.92 Å². The number of carbonyl (C=O) groups is 1. The zero-order chi connectivity index (χ0) is 9.97. The van der Waals surface area contributed by atoms with Gasteiger partial charge >= 0.3 is 0 Å². The van der Waals surface area contributed by atoms with Crippen molar-refractivity contribution in [2.45, 2.75) is 44.6 Å². The highest BCUT2D eigenvalue weighted by atomic mass is 16.2. The Kier molecular flexibility index (Phi) is 2.90. The predicted octanol–water partition coefficient (Wildman–Crippen LogP) is 2.35. The molecule has 2 saturated heterocycles. The number of amides is 1. The first-order valence-corrected chi connectivity index (χ1v) is 5.73. The van der Waals surface area contributed by atoms with E-state index in [9.17, 15) is 4.79 Å². The molecule has 2 heterocycles. The van der Waals surface area contributed by atoms with Gasteiger partial charge in [-0.05, 0) is 38.0 Å². The molecular formula is C12H19NO. The van der Waals surface area contributed by atoms with E-state index in [1.807, 2.05) is 6.08 Å². The third kappa shape index (κ3) is 1.70. The average molecular weight is 193 g/mol. The Labute approximate surface area is 86.0 Å². The molecule has 0 spiro atoms. The number of rotatable bonds is 2. The van der Waals surface area contributed by atoms with E-state index in [1.165, 1.54) is 19.3 Å². The van der Waals surface area contributed by atoms with Gasteiger partial charge in [0.25, 0.3) is 0 Å². The van der Waals surface area contributed by atoms with Crippen molar-refractivity contribution >= 4 is 5.91 Å². The summed E-state index contributed by atoms with van der Waals surface area (Å²) in [6, 6.07) is 0.531. The third-order valence-electron chi connectivity index (χ3n) is 3.60. The Morgan fingerprint density at radius 2 is 2.29 bits per heavy atom. The molecule has 0 unspecified atom stereocenters. The van der Waals surface area contributed by atoms with E-state index in [0.717, 1.165) is 25.8 Å². The van der Waals surface area contributed by atoms with Crippen LogP contribution in [0, 0.1) is 5.92 Å². The van der Waals surface area contributed by atoms with Crippen LogP contribution in [0.3, 0.4) is 0 Å². The zero-order valence-corrected chi connectivity index (χ0v) is 8.74. The van der Waals surface area contributed by atoms with Gasteiger partial charge in [-0.3, -0.25) is 4.79 Å². The Hall–Kier alpha value is -0.790. The molecular weight excluding hydrogens is 174 g/mol. The van der Waals surface area contributed by atoms with Crippen LogP contribution in [-0.2, 0) is 4.79 Å². The molecule has 78 valence electrons. The summed E-state index contributed by atoms with van der Waals surface area (Å²) in [5.74, 6) is 1.07. The van der Waals surface area contributed by atoms with E-state index in [0.29, 0.717) is 17.9 Å². The zero-order valence-electron chi connectivity index (χ0n) is 8.74. The first-order chi connectivity index (χ1) is 6.83. The van der Waals surface area contributed by atoms with E-state index < -0.39 is 0 Å². The van der Waals surface area contributed by atoms with Crippen LogP contribution in [-0.4, -0.2) is 23.4 Å². The molecule has 0 radical (unpaired) electrons. The van der Waals surface area contributed by atoms with Crippen LogP contribution in [0.25, 0.3) is 0 Å². The molecule has 0 saturated carbocycles. The van der Waals surface area contributed by atoms with Gasteiger partial charge in [0.2, 0.25) is 5.91 Å². The van der Waals surface area contributed by atoms with Gasteiger partial charge in [0.05, 0.1) is 0 Å². The van der Waals surface area contributed by atoms with Crippen LogP contribution < -0.4 is 0 Å². The summed E-state index contributed by atoms with van der Waals surface area (Å²) in [6.45, 7) is 4.81. The van der Waals surface area contributed by atoms with E-state index in [2.05, 4.69) is 11.5 Å². The highest BCUT2D eigenvalue weighted by Crippen LogP contribution is 2.33. The summed E-state index contributed by atoms with van der Waals surface area (Å²) in [4.78, 5) is 13.9. The van der Waals surface area contributed by atoms with E-state index in [-0.39, 0.29) is 0 Å². The quantitative estimate of drug-likeness (QED) is 0.616. The number of allylic oxidation sites excluding steroid dienone is 1. The second-order valence-corrected chi connectivity index (χ2v) is 4.47. The Morgan fingerprint density at radius 1 is 1.43 bits per heavy atom. The van der Waals surface area contributed by atoms with Crippen LogP contribution in [0.15, 0.2) is 12.7 Å². The maximum absolute atomic E-state index is 11.7. The monoisotopic (exact) mass is 193 g/mol. The van der Waals surface area contributed by atoms with Crippen molar-refractivity contribution < 1.29 is 4.79 Å². The summed E-state index contributed by atoms with van der Waals surface area (Å²) in [5, 5.41) is 0. The largest absolute Gasteiger partial charge is 0.339 e. The second kappa shape index (κ2) is 4.16. The smallest absolute Gasteiger partial charge is 0.222 e. The Bertz CT molecular complexity index is 236. The molecule has 0 aliphatic carbocycles. The van der Waals surface area contributed by atoms with Gasteiger partial charge in [0.1, 0.15) is 0 Å². The minimum atomic E-state index is 0.388. The molecule has 0 N–H and O–H groups in total. The minimum Gasteiger partial charge on any atom is -0.339 e. The standard InChI is InChI=1S/C12H19NO/c1-2-5-10-6-3-8-12(14)13-9-4-7-11(10)13/h2,10-11H,1,3-9H2/t10-,11+/m1/s1. The predicted molar refractivity (Wildman–Crippen MR) is 56.9 cm³/mol. The maximum Gasteiger partial charge on any atom is 0.222 e. The SMILES string of the molecule is C=CC[C@@H]1CCCC(=O)N2CCC[C@@H]12. The van der Waals surface area contributed by atoms with Gasteiger partial charge in [0.15, 0.2) is 0 Å². The number of hydrogen-bond donors (Lipinski definition) is 0. The van der Waals surface area contributed by atoms with Crippen LogP contribution in [0.4, 0.5) is 0 Å². The second-order valence-electron chi connectivity index (χ2n) is 4.47. The fourth-order valence-corrected chi connectivity index (χ4v) is 2.93. The van der Waals surface area contributed by atoms with Crippen molar-refractivity contribution in [1.82, 2.24) is 4.90 Å². The molecule has 2 aliphatic heterocycles. The fraction of sp³-hybridized carbons (Fsp3) is 0.750. The summed E-state index contributed by atoms with van der Waals surface area (Å²) in [6.07, 6.45) is 8.55. The van der Waals surface area contributed by atoms with Gasteiger partial charge in [0, 0.05) is 19.0 Å². The summed E-state index contributed by atoms with van der Waals surface area (Å²) in [7, 11) is 0. The van der Waals surface area contributed by atoms with Crippen LogP contribution in [0.5, 0.6) is 0 Å². The molecule has 0 aromatic rings. The molecule has 1 amide bonds. The number of fused-ring (bicyclic) bond motifs is 1. The fourth-order valence-electron chi connectivity index (χ4n) is 2.93.